The minimum Gasteiger partial charge on any atom is -0.462 e. The van der Waals surface area contributed by atoms with E-state index in [1.54, 1.807) is 6.08 Å². The van der Waals surface area contributed by atoms with E-state index in [4.69, 9.17) is 19.3 Å². The Balaban J connectivity index is 4.14. The molecule has 0 saturated carbocycles. The number of aliphatic hydroxyl groups is 1. The molecular formula is C39H69O9P. The Labute approximate surface area is 297 Å². The van der Waals surface area contributed by atoms with Crippen LogP contribution in [-0.2, 0) is 28.2 Å². The molecule has 284 valence electrons. The molecule has 0 radical (unpaired) electrons. The average Bonchev–Trinajstić information content (AvgIpc) is 3.06. The van der Waals surface area contributed by atoms with Crippen LogP contribution < -0.4 is 0 Å². The SMILES string of the molecule is CCCCC/C=C\C=C/[C@H](O)C/C=C\C/C=C/CCCC(=O)O[C@H](COC(=O)CCCCCCCCCCCCCCC)COP(=O)(O)O. The zero-order valence-electron chi connectivity index (χ0n) is 30.7. The fourth-order valence-corrected chi connectivity index (χ4v) is 5.39. The van der Waals surface area contributed by atoms with Crippen LogP contribution in [0.1, 0.15) is 162 Å². The lowest BCUT2D eigenvalue weighted by Crippen LogP contribution is -2.29. The topological polar surface area (TPSA) is 140 Å². The number of ether oxygens (including phenoxy) is 2. The van der Waals surface area contributed by atoms with E-state index in [2.05, 4.69) is 24.4 Å². The first-order valence-corrected chi connectivity index (χ1v) is 20.6. The molecule has 2 atom stereocenters. The summed E-state index contributed by atoms with van der Waals surface area (Å²) in [7, 11) is -4.78. The van der Waals surface area contributed by atoms with Crippen LogP contribution in [0, 0.1) is 0 Å². The number of unbranched alkanes of at least 4 members (excludes halogenated alkanes) is 16. The lowest BCUT2D eigenvalue weighted by Gasteiger charge is -2.18. The molecule has 0 heterocycles. The second-order valence-electron chi connectivity index (χ2n) is 12.8. The molecule has 0 aliphatic rings. The number of carbonyl (C=O) groups excluding carboxylic acids is 2. The molecule has 0 spiro atoms. The predicted octanol–water partition coefficient (Wildman–Crippen LogP) is 10.1. The maximum Gasteiger partial charge on any atom is 0.469 e. The molecule has 0 saturated heterocycles. The van der Waals surface area contributed by atoms with Crippen molar-refractivity contribution in [2.45, 2.75) is 174 Å². The quantitative estimate of drug-likeness (QED) is 0.0195. The van der Waals surface area contributed by atoms with Crippen molar-refractivity contribution in [1.82, 2.24) is 0 Å². The van der Waals surface area contributed by atoms with Gasteiger partial charge in [-0.25, -0.2) is 4.57 Å². The maximum absolute atomic E-state index is 12.3. The molecule has 10 heteroatoms. The molecule has 3 N–H and O–H groups in total. The summed E-state index contributed by atoms with van der Waals surface area (Å²) in [4.78, 5) is 42.7. The van der Waals surface area contributed by atoms with Crippen LogP contribution in [0.4, 0.5) is 0 Å². The number of aliphatic hydroxyl groups excluding tert-OH is 1. The van der Waals surface area contributed by atoms with Crippen molar-refractivity contribution in [3.05, 3.63) is 48.6 Å². The first-order chi connectivity index (χ1) is 23.7. The van der Waals surface area contributed by atoms with Gasteiger partial charge in [0.25, 0.3) is 0 Å². The van der Waals surface area contributed by atoms with Gasteiger partial charge in [-0.1, -0.05) is 152 Å². The first-order valence-electron chi connectivity index (χ1n) is 19.0. The van der Waals surface area contributed by atoms with Crippen molar-refractivity contribution < 1.29 is 43.0 Å². The minimum absolute atomic E-state index is 0.102. The molecule has 0 aliphatic heterocycles. The summed E-state index contributed by atoms with van der Waals surface area (Å²) in [6.45, 7) is 3.52. The number of phosphoric ester groups is 1. The monoisotopic (exact) mass is 712 g/mol. The third-order valence-corrected chi connectivity index (χ3v) is 8.42. The van der Waals surface area contributed by atoms with Gasteiger partial charge < -0.3 is 24.4 Å². The van der Waals surface area contributed by atoms with Gasteiger partial charge in [0.1, 0.15) is 6.61 Å². The van der Waals surface area contributed by atoms with E-state index in [-0.39, 0.29) is 19.4 Å². The molecule has 0 aromatic rings. The third-order valence-electron chi connectivity index (χ3n) is 7.93. The third kappa shape index (κ3) is 37.1. The highest BCUT2D eigenvalue weighted by Gasteiger charge is 2.22. The number of allylic oxidation sites excluding steroid dienone is 6. The van der Waals surface area contributed by atoms with Gasteiger partial charge in [-0.3, -0.25) is 14.1 Å². The van der Waals surface area contributed by atoms with Crippen LogP contribution >= 0.6 is 7.82 Å². The van der Waals surface area contributed by atoms with E-state index in [1.807, 2.05) is 36.5 Å². The van der Waals surface area contributed by atoms with Gasteiger partial charge in [-0.05, 0) is 44.9 Å². The zero-order valence-corrected chi connectivity index (χ0v) is 31.6. The van der Waals surface area contributed by atoms with Gasteiger partial charge in [0.05, 0.1) is 12.7 Å². The van der Waals surface area contributed by atoms with Gasteiger partial charge >= 0.3 is 19.8 Å². The molecule has 0 rings (SSSR count). The second-order valence-corrected chi connectivity index (χ2v) is 14.0. The second kappa shape index (κ2) is 34.4. The maximum atomic E-state index is 12.3. The van der Waals surface area contributed by atoms with E-state index >= 15 is 0 Å². The molecule has 0 aliphatic carbocycles. The van der Waals surface area contributed by atoms with Gasteiger partial charge in [-0.2, -0.15) is 0 Å². The Morgan fingerprint density at radius 3 is 1.82 bits per heavy atom. The molecule has 0 fully saturated rings. The number of hydrogen-bond donors (Lipinski definition) is 3. The van der Waals surface area contributed by atoms with Gasteiger partial charge in [0, 0.05) is 12.8 Å². The Morgan fingerprint density at radius 1 is 0.633 bits per heavy atom. The van der Waals surface area contributed by atoms with Crippen LogP contribution in [0.3, 0.4) is 0 Å². The highest BCUT2D eigenvalue weighted by molar-refractivity contribution is 7.46. The molecule has 0 aromatic carbocycles. The highest BCUT2D eigenvalue weighted by atomic mass is 31.2. The van der Waals surface area contributed by atoms with Crippen molar-refractivity contribution in [1.29, 1.82) is 0 Å². The minimum atomic E-state index is -4.78. The van der Waals surface area contributed by atoms with Crippen LogP contribution in [-0.4, -0.2) is 52.3 Å². The Hall–Kier alpha value is -2.03. The van der Waals surface area contributed by atoms with Gasteiger partial charge in [0.15, 0.2) is 6.10 Å². The van der Waals surface area contributed by atoms with Crippen LogP contribution in [0.5, 0.6) is 0 Å². The van der Waals surface area contributed by atoms with Crippen LogP contribution in [0.25, 0.3) is 0 Å². The number of esters is 2. The van der Waals surface area contributed by atoms with E-state index in [0.29, 0.717) is 32.1 Å². The summed E-state index contributed by atoms with van der Waals surface area (Å²) in [6.07, 6.45) is 37.2. The summed E-state index contributed by atoms with van der Waals surface area (Å²) in [6, 6.07) is 0. The highest BCUT2D eigenvalue weighted by Crippen LogP contribution is 2.36. The van der Waals surface area contributed by atoms with E-state index < -0.39 is 38.6 Å². The van der Waals surface area contributed by atoms with E-state index in [0.717, 1.165) is 25.7 Å². The lowest BCUT2D eigenvalue weighted by atomic mass is 10.0. The Morgan fingerprint density at radius 2 is 1.18 bits per heavy atom. The standard InChI is InChI=1S/C39H69O9P/c1-3-5-7-9-11-12-13-14-15-16-20-24-28-32-38(41)46-34-37(35-47-49(43,44)45)48-39(42)33-29-25-21-17-19-23-27-31-36(40)30-26-22-18-10-8-6-4-2/h17-18,21-23,26-27,30,36-37,40H,3-16,19-20,24-25,28-29,31-35H2,1-2H3,(H2,43,44,45)/b21-17+,22-18-,27-23-,30-26-/t36-,37+/m0/s1. The fraction of sp³-hybridized carbons (Fsp3) is 0.744. The molecule has 49 heavy (non-hydrogen) atoms. The van der Waals surface area contributed by atoms with Crippen molar-refractivity contribution >= 4 is 19.8 Å². The fourth-order valence-electron chi connectivity index (χ4n) is 5.03. The molecular weight excluding hydrogens is 643 g/mol. The molecule has 0 bridgehead atoms. The Kier molecular flexibility index (Phi) is 33.0. The number of rotatable bonds is 34. The lowest BCUT2D eigenvalue weighted by molar-refractivity contribution is -0.161. The first kappa shape index (κ1) is 47.0. The normalized spacial score (nSPS) is 13.7. The molecule has 0 amide bonds. The largest absolute Gasteiger partial charge is 0.469 e. The van der Waals surface area contributed by atoms with Crippen molar-refractivity contribution in [2.75, 3.05) is 13.2 Å². The van der Waals surface area contributed by atoms with Crippen LogP contribution in [0.2, 0.25) is 0 Å². The average molecular weight is 713 g/mol. The van der Waals surface area contributed by atoms with Gasteiger partial charge in [-0.15, -0.1) is 0 Å². The van der Waals surface area contributed by atoms with E-state index in [9.17, 15) is 19.3 Å². The molecule has 9 nitrogen and oxygen atoms in total. The zero-order chi connectivity index (χ0) is 36.3. The summed E-state index contributed by atoms with van der Waals surface area (Å²) in [5.41, 5.74) is 0. The van der Waals surface area contributed by atoms with Crippen molar-refractivity contribution in [3.63, 3.8) is 0 Å². The summed E-state index contributed by atoms with van der Waals surface area (Å²) in [5, 5.41) is 10.0. The predicted molar refractivity (Wildman–Crippen MR) is 199 cm³/mol. The molecule has 0 aromatic heterocycles. The summed E-state index contributed by atoms with van der Waals surface area (Å²) < 4.78 is 26.2. The van der Waals surface area contributed by atoms with Gasteiger partial charge in [0.2, 0.25) is 0 Å². The van der Waals surface area contributed by atoms with Crippen LogP contribution in [0.15, 0.2) is 48.6 Å². The number of phosphoric acid groups is 1. The summed E-state index contributed by atoms with van der Waals surface area (Å²) in [5.74, 6) is -0.992. The Bertz CT molecular complexity index is 954. The molecule has 0 unspecified atom stereocenters. The number of hydrogen-bond acceptors (Lipinski definition) is 7. The number of carbonyl (C=O) groups is 2. The summed E-state index contributed by atoms with van der Waals surface area (Å²) >= 11 is 0. The smallest absolute Gasteiger partial charge is 0.462 e. The van der Waals surface area contributed by atoms with E-state index in [1.165, 1.54) is 77.0 Å². The van der Waals surface area contributed by atoms with Crippen molar-refractivity contribution in [3.8, 4) is 0 Å². The van der Waals surface area contributed by atoms with Crippen molar-refractivity contribution in [2.24, 2.45) is 0 Å².